The maximum atomic E-state index is 13.1. The summed E-state index contributed by atoms with van der Waals surface area (Å²) < 4.78 is 34.9. The Balaban J connectivity index is 1.20. The number of piperidine rings is 1. The molecule has 0 radical (unpaired) electrons. The molecule has 1 fully saturated rings. The zero-order chi connectivity index (χ0) is 36.2. The Morgan fingerprint density at radius 1 is 0.863 bits per heavy atom. The second-order valence-electron chi connectivity index (χ2n) is 14.1. The summed E-state index contributed by atoms with van der Waals surface area (Å²) in [4.78, 5) is 29.6. The fourth-order valence-electron chi connectivity index (χ4n) is 6.57. The average Bonchev–Trinajstić information content (AvgIpc) is 3.12. The molecule has 0 aliphatic carbocycles. The summed E-state index contributed by atoms with van der Waals surface area (Å²) in [5.74, 6) is 2.51. The van der Waals surface area contributed by atoms with Crippen LogP contribution in [0.15, 0.2) is 66.7 Å². The molecule has 2 heterocycles. The first-order chi connectivity index (χ1) is 24.6. The topological polar surface area (TPSA) is 96.0 Å². The van der Waals surface area contributed by atoms with Crippen molar-refractivity contribution in [1.29, 1.82) is 0 Å². The first-order valence-electron chi connectivity index (χ1n) is 18.1. The van der Waals surface area contributed by atoms with E-state index in [1.165, 1.54) is 5.56 Å². The quantitative estimate of drug-likeness (QED) is 0.141. The maximum Gasteiger partial charge on any atom is 0.410 e. The molecule has 0 saturated carbocycles. The largest absolute Gasteiger partial charge is 0.494 e. The van der Waals surface area contributed by atoms with E-state index in [9.17, 15) is 9.59 Å². The summed E-state index contributed by atoms with van der Waals surface area (Å²) in [6.45, 7) is 9.39. The molecule has 0 spiro atoms. The van der Waals surface area contributed by atoms with Gasteiger partial charge < -0.3 is 38.2 Å². The standard InChI is InChI=1S/C41H54N2O8/c1-41(2,3)51-40(45)42-23-21-34(31-15-18-33(19-16-31)48-25-8-9-26-49-37-12-7-6-11-36(37)47-5)38(28-42)50-29-30-13-14-32-17-20-39(44)43(35(32)27-30)22-10-24-46-4/h6-7,11-16,18-19,27,34,38H,8-10,17,20-26,28-29H2,1-5H3. The number of aryl methyl sites for hydroxylation is 1. The number of nitrogens with zero attached hydrogens (tertiary/aromatic N) is 2. The van der Waals surface area contributed by atoms with Crippen LogP contribution < -0.4 is 19.1 Å². The lowest BCUT2D eigenvalue weighted by Gasteiger charge is -2.39. The number of anilines is 1. The number of benzene rings is 3. The van der Waals surface area contributed by atoms with E-state index in [1.54, 1.807) is 19.1 Å². The van der Waals surface area contributed by atoms with Gasteiger partial charge in [-0.25, -0.2) is 4.79 Å². The Kier molecular flexibility index (Phi) is 13.6. The average molecular weight is 703 g/mol. The number of hydrogen-bond donors (Lipinski definition) is 0. The van der Waals surface area contributed by atoms with Crippen molar-refractivity contribution in [3.63, 3.8) is 0 Å². The second kappa shape index (κ2) is 18.3. The van der Waals surface area contributed by atoms with Gasteiger partial charge in [-0.1, -0.05) is 36.4 Å². The Hall–Kier alpha value is -4.28. The van der Waals surface area contributed by atoms with Gasteiger partial charge in [-0.15, -0.1) is 0 Å². The van der Waals surface area contributed by atoms with Crippen molar-refractivity contribution >= 4 is 17.7 Å². The number of ether oxygens (including phenoxy) is 6. The van der Waals surface area contributed by atoms with Gasteiger partial charge >= 0.3 is 6.09 Å². The number of para-hydroxylation sites is 2. The highest BCUT2D eigenvalue weighted by atomic mass is 16.6. The number of amides is 2. The van der Waals surface area contributed by atoms with E-state index in [1.807, 2.05) is 62.1 Å². The molecule has 10 heteroatoms. The van der Waals surface area contributed by atoms with Crippen LogP contribution in [0.3, 0.4) is 0 Å². The van der Waals surface area contributed by atoms with E-state index in [2.05, 4.69) is 30.3 Å². The molecule has 2 unspecified atom stereocenters. The maximum absolute atomic E-state index is 13.1. The molecule has 0 N–H and O–H groups in total. The van der Waals surface area contributed by atoms with Crippen molar-refractivity contribution in [2.24, 2.45) is 0 Å². The Morgan fingerprint density at radius 3 is 2.33 bits per heavy atom. The van der Waals surface area contributed by atoms with Crippen LogP contribution in [0.25, 0.3) is 0 Å². The van der Waals surface area contributed by atoms with E-state index < -0.39 is 5.60 Å². The first-order valence-corrected chi connectivity index (χ1v) is 18.1. The molecule has 3 aromatic carbocycles. The zero-order valence-electron chi connectivity index (χ0n) is 30.9. The van der Waals surface area contributed by atoms with Gasteiger partial charge in [0.1, 0.15) is 11.4 Å². The summed E-state index contributed by atoms with van der Waals surface area (Å²) >= 11 is 0. The predicted octanol–water partition coefficient (Wildman–Crippen LogP) is 7.56. The molecule has 2 atom stereocenters. The molecule has 276 valence electrons. The van der Waals surface area contributed by atoms with Crippen molar-refractivity contribution in [3.05, 3.63) is 83.4 Å². The van der Waals surface area contributed by atoms with Gasteiger partial charge in [0.15, 0.2) is 11.5 Å². The van der Waals surface area contributed by atoms with Gasteiger partial charge in [0.05, 0.1) is 39.6 Å². The van der Waals surface area contributed by atoms with Gasteiger partial charge in [-0.2, -0.15) is 0 Å². The third kappa shape index (κ3) is 10.9. The van der Waals surface area contributed by atoms with Crippen LogP contribution in [-0.2, 0) is 32.0 Å². The Bertz CT molecular complexity index is 1570. The molecule has 0 bridgehead atoms. The van der Waals surface area contributed by atoms with Gasteiger partial charge in [0.25, 0.3) is 0 Å². The van der Waals surface area contributed by atoms with Crippen molar-refractivity contribution in [3.8, 4) is 17.2 Å². The molecule has 10 nitrogen and oxygen atoms in total. The smallest absolute Gasteiger partial charge is 0.410 e. The van der Waals surface area contributed by atoms with E-state index in [0.29, 0.717) is 52.5 Å². The van der Waals surface area contributed by atoms with E-state index >= 15 is 0 Å². The highest BCUT2D eigenvalue weighted by Gasteiger charge is 2.35. The van der Waals surface area contributed by atoms with Crippen molar-refractivity contribution in [1.82, 2.24) is 4.90 Å². The lowest BCUT2D eigenvalue weighted by molar-refractivity contribution is -0.118. The normalized spacial score (nSPS) is 17.5. The number of unbranched alkanes of at least 4 members (excludes halogenated alkanes) is 1. The number of carbonyl (C=O) groups is 2. The highest BCUT2D eigenvalue weighted by Crippen LogP contribution is 2.34. The monoisotopic (exact) mass is 702 g/mol. The van der Waals surface area contributed by atoms with Crippen LogP contribution in [0.5, 0.6) is 17.2 Å². The van der Waals surface area contributed by atoms with E-state index in [-0.39, 0.29) is 24.0 Å². The van der Waals surface area contributed by atoms with Gasteiger partial charge in [0, 0.05) is 44.8 Å². The second-order valence-corrected chi connectivity index (χ2v) is 14.1. The minimum Gasteiger partial charge on any atom is -0.494 e. The molecule has 1 saturated heterocycles. The number of likely N-dealkylation sites (tertiary alicyclic amines) is 1. The number of methoxy groups -OCH3 is 2. The van der Waals surface area contributed by atoms with Gasteiger partial charge in [-0.05, 0) is 99.9 Å². The molecule has 2 aliphatic heterocycles. The Labute approximate surface area is 302 Å². The van der Waals surface area contributed by atoms with Crippen molar-refractivity contribution in [2.45, 2.75) is 83.5 Å². The number of hydrogen-bond acceptors (Lipinski definition) is 8. The minimum absolute atomic E-state index is 0.0783. The van der Waals surface area contributed by atoms with E-state index in [4.69, 9.17) is 28.4 Å². The first kappa shape index (κ1) is 38.0. The lowest BCUT2D eigenvalue weighted by atomic mass is 9.87. The third-order valence-corrected chi connectivity index (χ3v) is 9.20. The van der Waals surface area contributed by atoms with Crippen LogP contribution in [0.2, 0.25) is 0 Å². The molecule has 3 aromatic rings. The number of fused-ring (bicyclic) bond motifs is 1. The van der Waals surface area contributed by atoms with Crippen LogP contribution in [0.1, 0.15) is 75.5 Å². The molecule has 0 aromatic heterocycles. The predicted molar refractivity (Wildman–Crippen MR) is 197 cm³/mol. The van der Waals surface area contributed by atoms with Crippen molar-refractivity contribution < 1.29 is 38.0 Å². The number of rotatable bonds is 16. The molecule has 2 aliphatic rings. The highest BCUT2D eigenvalue weighted by molar-refractivity contribution is 5.96. The number of carbonyl (C=O) groups excluding carboxylic acids is 2. The summed E-state index contributed by atoms with van der Waals surface area (Å²) in [6.07, 6.45) is 3.91. The molecular weight excluding hydrogens is 648 g/mol. The summed E-state index contributed by atoms with van der Waals surface area (Å²) in [5, 5.41) is 0. The summed E-state index contributed by atoms with van der Waals surface area (Å²) in [5.41, 5.74) is 3.68. The molecule has 5 rings (SSSR count). The summed E-state index contributed by atoms with van der Waals surface area (Å²) in [7, 11) is 3.32. The van der Waals surface area contributed by atoms with Crippen LogP contribution in [0, 0.1) is 0 Å². The fourth-order valence-corrected chi connectivity index (χ4v) is 6.57. The molecular formula is C41H54N2O8. The SMILES string of the molecule is COCCCN1C(=O)CCc2ccc(COC3CN(C(=O)OC(C)(C)C)CCC3c3ccc(OCCCCOc4ccccc4OC)cc3)cc21. The molecule has 51 heavy (non-hydrogen) atoms. The van der Waals surface area contributed by atoms with Gasteiger partial charge in [0.2, 0.25) is 5.91 Å². The van der Waals surface area contributed by atoms with Crippen LogP contribution >= 0.6 is 0 Å². The van der Waals surface area contributed by atoms with E-state index in [0.717, 1.165) is 66.2 Å². The van der Waals surface area contributed by atoms with Crippen LogP contribution in [0.4, 0.5) is 10.5 Å². The lowest BCUT2D eigenvalue weighted by Crippen LogP contribution is -2.48. The van der Waals surface area contributed by atoms with Crippen molar-refractivity contribution in [2.75, 3.05) is 58.6 Å². The fraction of sp³-hybridized carbons (Fsp3) is 0.512. The Morgan fingerprint density at radius 2 is 1.61 bits per heavy atom. The zero-order valence-corrected chi connectivity index (χ0v) is 30.9. The summed E-state index contributed by atoms with van der Waals surface area (Å²) in [6, 6.07) is 22.2. The third-order valence-electron chi connectivity index (χ3n) is 9.20. The van der Waals surface area contributed by atoms with Gasteiger partial charge in [-0.3, -0.25) is 4.79 Å². The minimum atomic E-state index is -0.585. The van der Waals surface area contributed by atoms with Crippen LogP contribution in [-0.4, -0.2) is 82.3 Å². The molecule has 2 amide bonds.